The van der Waals surface area contributed by atoms with Crippen molar-refractivity contribution in [2.45, 2.75) is 192 Å². The topological polar surface area (TPSA) is 239 Å². The quantitative estimate of drug-likeness (QED) is 0.110. The number of hydrogen-bond donors (Lipinski definition) is 10. The molecule has 0 spiro atoms. The van der Waals surface area contributed by atoms with Gasteiger partial charge in [-0.05, 0) is 117 Å². The van der Waals surface area contributed by atoms with Crippen LogP contribution >= 0.6 is 0 Å². The maximum absolute atomic E-state index is 12.6. The average molecular weight is 801 g/mol. The van der Waals surface area contributed by atoms with Crippen LogP contribution in [0.4, 0.5) is 0 Å². The summed E-state index contributed by atoms with van der Waals surface area (Å²) in [5.74, 6) is -0.781. The van der Waals surface area contributed by atoms with Gasteiger partial charge in [0, 0.05) is 0 Å². The van der Waals surface area contributed by atoms with Crippen LogP contribution in [0.15, 0.2) is 11.6 Å². The Balaban J connectivity index is 1.39. The third-order valence-corrected chi connectivity index (χ3v) is 16.6. The average Bonchev–Trinajstić information content (AvgIpc) is 3.52. The van der Waals surface area contributed by atoms with Crippen molar-refractivity contribution in [2.24, 2.45) is 45.3 Å². The van der Waals surface area contributed by atoms with E-state index < -0.39 is 120 Å². The molecule has 6 fully saturated rings. The fourth-order valence-corrected chi connectivity index (χ4v) is 13.5. The molecule has 0 aromatic carbocycles. The lowest BCUT2D eigenvalue weighted by molar-refractivity contribution is -0.349. The molecule has 2 aliphatic heterocycles. The minimum absolute atomic E-state index is 0.000258. The highest BCUT2D eigenvalue weighted by molar-refractivity contribution is 5.22. The van der Waals surface area contributed by atoms with E-state index in [1.165, 1.54) is 0 Å². The zero-order chi connectivity index (χ0) is 41.5. The molecule has 0 unspecified atom stereocenters. The summed E-state index contributed by atoms with van der Waals surface area (Å²) < 4.78 is 25.4. The Morgan fingerprint density at radius 1 is 0.750 bits per heavy atom. The van der Waals surface area contributed by atoms with Gasteiger partial charge in [0.05, 0.1) is 37.1 Å². The molecule has 0 amide bonds. The van der Waals surface area contributed by atoms with Gasteiger partial charge in [0.25, 0.3) is 0 Å². The van der Waals surface area contributed by atoms with E-state index in [9.17, 15) is 51.1 Å². The summed E-state index contributed by atoms with van der Waals surface area (Å²) in [4.78, 5) is 0. The van der Waals surface area contributed by atoms with Crippen LogP contribution in [0.25, 0.3) is 0 Å². The van der Waals surface area contributed by atoms with Gasteiger partial charge in [-0.15, -0.1) is 0 Å². The second-order valence-electron chi connectivity index (χ2n) is 20.2. The lowest BCUT2D eigenvalue weighted by Gasteiger charge is -2.72. The summed E-state index contributed by atoms with van der Waals surface area (Å²) >= 11 is 0. The molecule has 21 atom stereocenters. The molecule has 4 saturated carbocycles. The molecule has 2 saturated heterocycles. The predicted molar refractivity (Wildman–Crippen MR) is 202 cm³/mol. The van der Waals surface area contributed by atoms with Crippen LogP contribution < -0.4 is 0 Å². The van der Waals surface area contributed by atoms with Crippen LogP contribution in [0.5, 0.6) is 0 Å². The lowest BCUT2D eigenvalue weighted by atomic mass is 9.34. The van der Waals surface area contributed by atoms with Crippen molar-refractivity contribution in [3.63, 3.8) is 0 Å². The second kappa shape index (κ2) is 15.9. The van der Waals surface area contributed by atoms with E-state index in [0.717, 1.165) is 12.0 Å². The van der Waals surface area contributed by atoms with Crippen molar-refractivity contribution in [3.8, 4) is 0 Å². The van der Waals surface area contributed by atoms with Gasteiger partial charge in [-0.1, -0.05) is 46.3 Å². The molecule has 14 heteroatoms. The van der Waals surface area contributed by atoms with E-state index in [2.05, 4.69) is 26.8 Å². The molecule has 6 rings (SSSR count). The Kier molecular flexibility index (Phi) is 12.7. The molecule has 0 aromatic rings. The first-order valence-electron chi connectivity index (χ1n) is 21.0. The van der Waals surface area contributed by atoms with E-state index >= 15 is 0 Å². The maximum atomic E-state index is 12.6. The number of rotatable bonds is 10. The highest BCUT2D eigenvalue weighted by Gasteiger charge is 2.74. The third kappa shape index (κ3) is 7.06. The van der Waals surface area contributed by atoms with Crippen LogP contribution in [0.2, 0.25) is 0 Å². The van der Waals surface area contributed by atoms with Gasteiger partial charge in [-0.3, -0.25) is 0 Å². The number of allylic oxidation sites excluding steroid dienone is 2. The highest BCUT2D eigenvalue weighted by Crippen LogP contribution is 2.76. The molecule has 10 N–H and O–H groups in total. The van der Waals surface area contributed by atoms with Crippen molar-refractivity contribution in [2.75, 3.05) is 13.2 Å². The molecule has 56 heavy (non-hydrogen) atoms. The molecule has 6 aliphatic rings. The van der Waals surface area contributed by atoms with E-state index in [1.54, 1.807) is 0 Å². The summed E-state index contributed by atoms with van der Waals surface area (Å²) in [6.07, 6.45) is -9.52. The van der Waals surface area contributed by atoms with Gasteiger partial charge >= 0.3 is 0 Å². The zero-order valence-electron chi connectivity index (χ0n) is 34.6. The number of aliphatic hydroxyl groups excluding tert-OH is 10. The Morgan fingerprint density at radius 2 is 1.32 bits per heavy atom. The Labute approximate surface area is 331 Å². The van der Waals surface area contributed by atoms with Crippen LogP contribution in [-0.4, -0.2) is 150 Å². The van der Waals surface area contributed by atoms with Crippen molar-refractivity contribution in [3.05, 3.63) is 11.6 Å². The van der Waals surface area contributed by atoms with Gasteiger partial charge in [0.2, 0.25) is 0 Å². The molecular formula is C42H72O14. The fourth-order valence-electron chi connectivity index (χ4n) is 13.5. The van der Waals surface area contributed by atoms with Gasteiger partial charge < -0.3 is 70.0 Å². The van der Waals surface area contributed by atoms with Crippen LogP contribution in [0, 0.1) is 45.3 Å². The molecule has 2 heterocycles. The van der Waals surface area contributed by atoms with Gasteiger partial charge in [-0.2, -0.15) is 0 Å². The van der Waals surface area contributed by atoms with E-state index in [-0.39, 0.29) is 23.7 Å². The Bertz CT molecular complexity index is 1400. The number of aliphatic hydroxyl groups is 10. The van der Waals surface area contributed by atoms with Crippen molar-refractivity contribution < 1.29 is 70.0 Å². The first-order valence-corrected chi connectivity index (χ1v) is 21.0. The summed E-state index contributed by atoms with van der Waals surface area (Å²) in [5.41, 5.74) is -1.92. The molecule has 0 bridgehead atoms. The molecule has 324 valence electrons. The summed E-state index contributed by atoms with van der Waals surface area (Å²) in [6, 6.07) is 0. The van der Waals surface area contributed by atoms with Gasteiger partial charge in [0.1, 0.15) is 48.8 Å². The molecule has 0 radical (unpaired) electrons. The van der Waals surface area contributed by atoms with Crippen LogP contribution in [0.3, 0.4) is 0 Å². The Hall–Kier alpha value is -0.820. The van der Waals surface area contributed by atoms with Crippen LogP contribution in [-0.2, 0) is 18.9 Å². The fraction of sp³-hybridized carbons (Fsp3) is 0.952. The minimum atomic E-state index is -1.61. The van der Waals surface area contributed by atoms with E-state index in [1.807, 2.05) is 34.6 Å². The minimum Gasteiger partial charge on any atom is -0.394 e. The molecule has 14 nitrogen and oxygen atoms in total. The first-order chi connectivity index (χ1) is 26.0. The lowest BCUT2D eigenvalue weighted by Crippen LogP contribution is -2.71. The van der Waals surface area contributed by atoms with Crippen LogP contribution in [0.1, 0.15) is 107 Å². The van der Waals surface area contributed by atoms with E-state index in [0.29, 0.717) is 44.9 Å². The molecular weight excluding hydrogens is 728 g/mol. The first kappa shape index (κ1) is 44.7. The van der Waals surface area contributed by atoms with E-state index in [4.69, 9.17) is 18.9 Å². The van der Waals surface area contributed by atoms with Crippen molar-refractivity contribution in [1.29, 1.82) is 0 Å². The summed E-state index contributed by atoms with van der Waals surface area (Å²) in [7, 11) is 0. The van der Waals surface area contributed by atoms with Gasteiger partial charge in [0.15, 0.2) is 12.6 Å². The second-order valence-corrected chi connectivity index (χ2v) is 20.2. The zero-order valence-corrected chi connectivity index (χ0v) is 34.6. The highest BCUT2D eigenvalue weighted by atomic mass is 16.7. The number of fused-ring (bicyclic) bond motifs is 5. The predicted octanol–water partition coefficient (Wildman–Crippen LogP) is 1.12. The monoisotopic (exact) mass is 800 g/mol. The van der Waals surface area contributed by atoms with Crippen molar-refractivity contribution >= 4 is 0 Å². The molecule has 0 aromatic heterocycles. The number of ether oxygens (including phenoxy) is 4. The number of hydrogen-bond acceptors (Lipinski definition) is 14. The van der Waals surface area contributed by atoms with Gasteiger partial charge in [-0.25, -0.2) is 0 Å². The summed E-state index contributed by atoms with van der Waals surface area (Å²) in [5, 5.41) is 109. The largest absolute Gasteiger partial charge is 0.394 e. The Morgan fingerprint density at radius 3 is 1.89 bits per heavy atom. The molecule has 4 aliphatic carbocycles. The maximum Gasteiger partial charge on any atom is 0.187 e. The normalized spacial score (nSPS) is 52.6. The van der Waals surface area contributed by atoms with Crippen molar-refractivity contribution in [1.82, 2.24) is 0 Å². The SMILES string of the molecule is CC(C)=CCC[C@](C)(O[C@@H]1O[C@@H](CO)[C@@H](O)[C@H](O)[C@H]1O)[C@H]1CC[C@]2(C)[C@@H]1[C@H](O)C[C@@H]1[C@@]3(C)CC[C@H](O)C(C)(C)[C@@H]3[C@@H](O[C@H]3O[C@@H](CO)[C@@H](O)[C@@H](O)[C@@H]3O)C[C@]12C. The summed E-state index contributed by atoms with van der Waals surface area (Å²) in [6.45, 7) is 15.7. The smallest absolute Gasteiger partial charge is 0.187 e. The standard InChI is InChI=1S/C42H72O14/c1-20(2)10-9-13-42(8,56-37-34(52)32(50)30(48)25(19-44)55-37)21-11-15-40(6)28(21)22(45)16-26-39(5)14-12-27(46)38(3,4)35(39)23(17-41(26,40)7)53-36-33(51)31(49)29(47)24(18-43)54-36/h10,21-37,43-52H,9,11-19H2,1-8H3/t21-,22+,23-,24-,25-,26+,27-,28-,29+,30+,31+,32-,33-,34+,35-,36-,37-,39+,40+,41+,42-/m0/s1. The third-order valence-electron chi connectivity index (χ3n) is 16.6.